The molecule has 0 atom stereocenters. The molecule has 2 N–H and O–H groups in total. The first-order chi connectivity index (χ1) is 22.2. The van der Waals surface area contributed by atoms with E-state index < -0.39 is 17.6 Å². The van der Waals surface area contributed by atoms with Gasteiger partial charge in [0.1, 0.15) is 40.9 Å². The maximum Gasteiger partial charge on any atom is 0.342 e. The van der Waals surface area contributed by atoms with E-state index in [0.29, 0.717) is 80.4 Å². The van der Waals surface area contributed by atoms with Gasteiger partial charge in [-0.05, 0) is 89.0 Å². The van der Waals surface area contributed by atoms with Gasteiger partial charge < -0.3 is 24.3 Å². The van der Waals surface area contributed by atoms with Crippen LogP contribution in [-0.2, 0) is 29.0 Å². The van der Waals surface area contributed by atoms with Gasteiger partial charge in [-0.3, -0.25) is 4.79 Å². The molecule has 0 unspecified atom stereocenters. The van der Waals surface area contributed by atoms with Gasteiger partial charge in [-0.2, -0.15) is 0 Å². The molecule has 0 radical (unpaired) electrons. The maximum absolute atomic E-state index is 13.7. The molecule has 1 aromatic heterocycles. The molecule has 4 aromatic rings. The lowest BCUT2D eigenvalue weighted by atomic mass is 10.1. The number of benzene rings is 3. The van der Waals surface area contributed by atoms with Crippen LogP contribution in [0.3, 0.4) is 0 Å². The highest BCUT2D eigenvalue weighted by molar-refractivity contribution is 14.1. The van der Waals surface area contributed by atoms with Crippen molar-refractivity contribution in [3.63, 3.8) is 0 Å². The Balaban J connectivity index is 1.68. The van der Waals surface area contributed by atoms with E-state index in [9.17, 15) is 18.4 Å². The predicted molar refractivity (Wildman–Crippen MR) is 181 cm³/mol. The third kappa shape index (κ3) is 9.82. The molecule has 0 aliphatic rings. The lowest BCUT2D eigenvalue weighted by Gasteiger charge is -2.13. The van der Waals surface area contributed by atoms with Crippen molar-refractivity contribution in [1.82, 2.24) is 5.32 Å². The topological polar surface area (TPSA) is 98.0 Å². The van der Waals surface area contributed by atoms with Gasteiger partial charge in [0.25, 0.3) is 0 Å². The zero-order valence-electron chi connectivity index (χ0n) is 24.6. The van der Waals surface area contributed by atoms with E-state index in [4.69, 9.17) is 42.2 Å². The highest BCUT2D eigenvalue weighted by Gasteiger charge is 2.23. The molecule has 46 heavy (non-hydrogen) atoms. The summed E-state index contributed by atoms with van der Waals surface area (Å²) in [6, 6.07) is 11.5. The lowest BCUT2D eigenvalue weighted by Crippen LogP contribution is -2.27. The number of unbranched alkanes of at least 4 members (excludes halogenated alkanes) is 1. The van der Waals surface area contributed by atoms with Crippen molar-refractivity contribution in [1.29, 1.82) is 0 Å². The summed E-state index contributed by atoms with van der Waals surface area (Å²) in [6.45, 7) is -0.347. The van der Waals surface area contributed by atoms with E-state index in [1.54, 1.807) is 24.3 Å². The summed E-state index contributed by atoms with van der Waals surface area (Å²) in [5.41, 5.74) is 2.02. The van der Waals surface area contributed by atoms with Gasteiger partial charge in [0, 0.05) is 42.6 Å². The van der Waals surface area contributed by atoms with E-state index in [1.165, 1.54) is 0 Å². The smallest absolute Gasteiger partial charge is 0.342 e. The Labute approximate surface area is 288 Å². The number of halogens is 5. The van der Waals surface area contributed by atoms with Crippen LogP contribution in [0.25, 0.3) is 11.0 Å². The van der Waals surface area contributed by atoms with Crippen LogP contribution in [0.2, 0.25) is 0 Å². The molecular weight excluding hydrogens is 754 g/mol. The van der Waals surface area contributed by atoms with E-state index >= 15 is 0 Å². The average molecular weight is 784 g/mol. The second kappa shape index (κ2) is 17.5. The Hall–Kier alpha value is -3.37. The Morgan fingerprint density at radius 2 is 1.76 bits per heavy atom. The van der Waals surface area contributed by atoms with Gasteiger partial charge in [-0.15, -0.1) is 23.2 Å². The van der Waals surface area contributed by atoms with Crippen molar-refractivity contribution in [2.75, 3.05) is 24.9 Å². The lowest BCUT2D eigenvalue weighted by molar-refractivity contribution is -0.120. The number of amides is 1. The molecule has 0 bridgehead atoms. The minimum atomic E-state index is -0.778. The summed E-state index contributed by atoms with van der Waals surface area (Å²) in [7, 11) is 0. The number of aryl methyl sites for hydroxylation is 1. The van der Waals surface area contributed by atoms with Crippen molar-refractivity contribution < 1.29 is 37.4 Å². The number of ether oxygens (including phenoxy) is 2. The van der Waals surface area contributed by atoms with Gasteiger partial charge in [0.05, 0.1) is 22.2 Å². The number of alkyl halides is 2. The standard InChI is InChI=1S/C34H30Cl2F2INO6/c35-9-3-1-2-5-23-13-21(17-31(42)40-11-12-41)16-28(39)33(23)45-26-7-8-29-27(19-26)32(30(46-29)6-4-10-36)34(43)44-20-22-14-24(37)18-25(38)15-22/h7-8,13-16,18-19,41H,1,3-4,6,9-12,17,20H2,(H,40,42). The molecule has 242 valence electrons. The molecule has 12 heteroatoms. The summed E-state index contributed by atoms with van der Waals surface area (Å²) >= 11 is 13.8. The quantitative estimate of drug-likeness (QED) is 0.0449. The number of carbonyl (C=O) groups excluding carboxylic acids is 2. The van der Waals surface area contributed by atoms with Gasteiger partial charge in [-0.25, -0.2) is 13.6 Å². The number of carbonyl (C=O) groups is 2. The summed E-state index contributed by atoms with van der Waals surface area (Å²) in [5.74, 6) is 5.73. The number of hydrogen-bond acceptors (Lipinski definition) is 6. The third-order valence-electron chi connectivity index (χ3n) is 6.55. The minimum Gasteiger partial charge on any atom is -0.460 e. The first kappa shape index (κ1) is 35.5. The molecule has 0 aliphatic heterocycles. The molecule has 0 fully saturated rings. The third-order valence-corrected chi connectivity index (χ3v) is 7.88. The second-order valence-electron chi connectivity index (χ2n) is 10.1. The van der Waals surface area contributed by atoms with Gasteiger partial charge in [0.2, 0.25) is 5.91 Å². The molecule has 1 amide bonds. The van der Waals surface area contributed by atoms with E-state index in [2.05, 4.69) is 39.7 Å². The fraction of sp³-hybridized carbons (Fsp3) is 0.294. The number of fused-ring (bicyclic) bond motifs is 1. The SMILES string of the molecule is O=C(Cc1cc(I)c(Oc2ccc3oc(CCCCl)c(C(=O)OCc4cc(F)cc(F)c4)c3c2)c(C#CCCCCl)c1)NCCO. The molecule has 3 aromatic carbocycles. The van der Waals surface area contributed by atoms with Crippen LogP contribution >= 0.6 is 45.8 Å². The highest BCUT2D eigenvalue weighted by atomic mass is 127. The van der Waals surface area contributed by atoms with Crippen LogP contribution in [0.5, 0.6) is 11.5 Å². The molecule has 4 rings (SSSR count). The van der Waals surface area contributed by atoms with Crippen LogP contribution in [0, 0.1) is 27.0 Å². The minimum absolute atomic E-state index is 0.0897. The number of rotatable bonds is 14. The summed E-state index contributed by atoms with van der Waals surface area (Å²) in [6.07, 6.45) is 2.27. The number of esters is 1. The van der Waals surface area contributed by atoms with Gasteiger partial charge >= 0.3 is 5.97 Å². The van der Waals surface area contributed by atoms with Crippen molar-refractivity contribution >= 4 is 68.6 Å². The van der Waals surface area contributed by atoms with Gasteiger partial charge in [-0.1, -0.05) is 11.8 Å². The zero-order valence-corrected chi connectivity index (χ0v) is 28.2. The highest BCUT2D eigenvalue weighted by Crippen LogP contribution is 2.36. The fourth-order valence-electron chi connectivity index (χ4n) is 4.56. The molecular formula is C34H30Cl2F2INO6. The molecule has 0 saturated heterocycles. The number of nitrogens with one attached hydrogen (secondary N) is 1. The monoisotopic (exact) mass is 783 g/mol. The number of hydrogen-bond donors (Lipinski definition) is 2. The second-order valence-corrected chi connectivity index (χ2v) is 12.0. The van der Waals surface area contributed by atoms with Crippen LogP contribution in [0.15, 0.2) is 52.9 Å². The first-order valence-corrected chi connectivity index (χ1v) is 16.5. The van der Waals surface area contributed by atoms with Crippen LogP contribution in [0.4, 0.5) is 8.78 Å². The fourth-order valence-corrected chi connectivity index (χ4v) is 5.62. The largest absolute Gasteiger partial charge is 0.460 e. The molecule has 0 spiro atoms. The molecule has 0 saturated carbocycles. The van der Waals surface area contributed by atoms with Crippen LogP contribution in [0.1, 0.15) is 52.1 Å². The average Bonchev–Trinajstić information content (AvgIpc) is 3.38. The number of aliphatic hydroxyl groups is 1. The van der Waals surface area contributed by atoms with Crippen LogP contribution < -0.4 is 10.1 Å². The maximum atomic E-state index is 13.7. The van der Waals surface area contributed by atoms with Crippen molar-refractivity contribution in [2.24, 2.45) is 0 Å². The summed E-state index contributed by atoms with van der Waals surface area (Å²) in [5, 5.41) is 12.1. The summed E-state index contributed by atoms with van der Waals surface area (Å²) < 4.78 is 45.9. The Morgan fingerprint density at radius 1 is 1.00 bits per heavy atom. The normalized spacial score (nSPS) is 10.8. The van der Waals surface area contributed by atoms with Crippen molar-refractivity contribution in [3.8, 4) is 23.3 Å². The van der Waals surface area contributed by atoms with Crippen molar-refractivity contribution in [2.45, 2.75) is 38.7 Å². The Bertz CT molecular complexity index is 1750. The number of aliphatic hydroxyl groups excluding tert-OH is 1. The van der Waals surface area contributed by atoms with Gasteiger partial charge in [0.15, 0.2) is 5.75 Å². The van der Waals surface area contributed by atoms with E-state index in [-0.39, 0.29) is 43.2 Å². The zero-order chi connectivity index (χ0) is 33.1. The Morgan fingerprint density at radius 3 is 2.48 bits per heavy atom. The first-order valence-electron chi connectivity index (χ1n) is 14.4. The van der Waals surface area contributed by atoms with E-state index in [0.717, 1.165) is 18.2 Å². The number of furan rings is 1. The molecule has 7 nitrogen and oxygen atoms in total. The molecule has 1 heterocycles. The predicted octanol–water partition coefficient (Wildman–Crippen LogP) is 7.66. The van der Waals surface area contributed by atoms with Crippen LogP contribution in [-0.4, -0.2) is 41.9 Å². The van der Waals surface area contributed by atoms with E-state index in [1.807, 2.05) is 6.07 Å². The van der Waals surface area contributed by atoms with Crippen molar-refractivity contribution in [3.05, 3.63) is 91.7 Å². The summed E-state index contributed by atoms with van der Waals surface area (Å²) in [4.78, 5) is 25.7. The Kier molecular flexibility index (Phi) is 13.5. The molecule has 0 aliphatic carbocycles.